The third-order valence-electron chi connectivity index (χ3n) is 2.25. The molecule has 11 heavy (non-hydrogen) atoms. The van der Waals surface area contributed by atoms with Gasteiger partial charge in [-0.1, -0.05) is 0 Å². The van der Waals surface area contributed by atoms with E-state index in [-0.39, 0.29) is 6.10 Å². The molecule has 0 aromatic heterocycles. The third-order valence-corrected chi connectivity index (χ3v) is 2.25. The molecule has 1 rings (SSSR count). The smallest absolute Gasteiger partial charge is 0.0678 e. The van der Waals surface area contributed by atoms with Gasteiger partial charge in [-0.05, 0) is 31.8 Å². The molecule has 1 atom stereocenters. The molecule has 0 aromatic rings. The Bertz CT molecular complexity index is 144. The van der Waals surface area contributed by atoms with Crippen molar-refractivity contribution < 1.29 is 5.11 Å². The molecule has 1 saturated heterocycles. The largest absolute Gasteiger partial charge is 0.392 e. The Balaban J connectivity index is 2.27. The molecule has 1 aliphatic heterocycles. The predicted molar refractivity (Wildman–Crippen MR) is 45.1 cm³/mol. The van der Waals surface area contributed by atoms with Crippen LogP contribution in [0, 0.1) is 18.3 Å². The summed E-state index contributed by atoms with van der Waals surface area (Å²) >= 11 is 0. The van der Waals surface area contributed by atoms with Crippen molar-refractivity contribution in [3.8, 4) is 12.3 Å². The van der Waals surface area contributed by atoms with Crippen LogP contribution in [-0.4, -0.2) is 24.3 Å². The van der Waals surface area contributed by atoms with Crippen LogP contribution >= 0.6 is 0 Å². The predicted octanol–water partition coefficient (Wildman–Crippen LogP) is 0.370. The molecule has 1 heterocycles. The number of piperidine rings is 1. The van der Waals surface area contributed by atoms with Crippen molar-refractivity contribution in [1.82, 2.24) is 5.32 Å². The maximum Gasteiger partial charge on any atom is 0.0678 e. The van der Waals surface area contributed by atoms with Crippen LogP contribution in [0.5, 0.6) is 0 Å². The highest BCUT2D eigenvalue weighted by Crippen LogP contribution is 2.17. The van der Waals surface area contributed by atoms with Gasteiger partial charge in [0.15, 0.2) is 0 Å². The first-order valence-corrected chi connectivity index (χ1v) is 4.17. The average Bonchev–Trinajstić information content (AvgIpc) is 2.07. The summed E-state index contributed by atoms with van der Waals surface area (Å²) < 4.78 is 0. The lowest BCUT2D eigenvalue weighted by Crippen LogP contribution is -2.33. The van der Waals surface area contributed by atoms with Gasteiger partial charge in [-0.25, -0.2) is 0 Å². The van der Waals surface area contributed by atoms with E-state index in [9.17, 15) is 5.11 Å². The highest BCUT2D eigenvalue weighted by Gasteiger charge is 2.20. The summed E-state index contributed by atoms with van der Waals surface area (Å²) in [6.07, 6.45) is 7.46. The fraction of sp³-hybridized carbons (Fsp3) is 0.778. The van der Waals surface area contributed by atoms with Crippen molar-refractivity contribution in [1.29, 1.82) is 0 Å². The van der Waals surface area contributed by atoms with E-state index in [1.54, 1.807) is 0 Å². The van der Waals surface area contributed by atoms with E-state index in [1.807, 2.05) is 0 Å². The number of nitrogens with one attached hydrogen (secondary N) is 1. The van der Waals surface area contributed by atoms with Gasteiger partial charge in [-0.15, -0.1) is 12.3 Å². The van der Waals surface area contributed by atoms with Crippen LogP contribution < -0.4 is 5.32 Å². The number of terminal acetylenes is 1. The zero-order valence-electron chi connectivity index (χ0n) is 6.71. The summed E-state index contributed by atoms with van der Waals surface area (Å²) in [6.45, 7) is 2.04. The molecular formula is C9H15NO. The molecule has 2 N–H and O–H groups in total. The van der Waals surface area contributed by atoms with Crippen LogP contribution in [0.25, 0.3) is 0 Å². The Morgan fingerprint density at radius 1 is 1.55 bits per heavy atom. The van der Waals surface area contributed by atoms with Gasteiger partial charge >= 0.3 is 0 Å². The molecule has 2 nitrogen and oxygen atoms in total. The number of aliphatic hydroxyl groups excluding tert-OH is 1. The Kier molecular flexibility index (Phi) is 3.41. The highest BCUT2D eigenvalue weighted by atomic mass is 16.3. The molecule has 62 valence electrons. The molecule has 1 aliphatic rings. The summed E-state index contributed by atoms with van der Waals surface area (Å²) in [4.78, 5) is 0. The topological polar surface area (TPSA) is 32.3 Å². The van der Waals surface area contributed by atoms with Crippen LogP contribution in [0.1, 0.15) is 19.3 Å². The zero-order valence-corrected chi connectivity index (χ0v) is 6.71. The van der Waals surface area contributed by atoms with Crippen LogP contribution in [0.3, 0.4) is 0 Å². The van der Waals surface area contributed by atoms with Gasteiger partial charge in [0.25, 0.3) is 0 Å². The van der Waals surface area contributed by atoms with Crippen molar-refractivity contribution in [2.75, 3.05) is 13.1 Å². The minimum atomic E-state index is -0.276. The maximum atomic E-state index is 9.50. The van der Waals surface area contributed by atoms with Gasteiger partial charge < -0.3 is 10.4 Å². The summed E-state index contributed by atoms with van der Waals surface area (Å²) in [5.41, 5.74) is 0. The molecule has 0 amide bonds. The molecular weight excluding hydrogens is 138 g/mol. The van der Waals surface area contributed by atoms with E-state index in [4.69, 9.17) is 6.42 Å². The number of aliphatic hydroxyl groups is 1. The second kappa shape index (κ2) is 4.38. The van der Waals surface area contributed by atoms with E-state index >= 15 is 0 Å². The fourth-order valence-electron chi connectivity index (χ4n) is 1.52. The summed E-state index contributed by atoms with van der Waals surface area (Å²) in [6, 6.07) is 0. The Morgan fingerprint density at radius 3 is 2.73 bits per heavy atom. The molecule has 1 fully saturated rings. The molecule has 0 saturated carbocycles. The van der Waals surface area contributed by atoms with Crippen LogP contribution in [0.15, 0.2) is 0 Å². The van der Waals surface area contributed by atoms with Gasteiger partial charge in [0.1, 0.15) is 0 Å². The number of hydrogen-bond donors (Lipinski definition) is 2. The minimum Gasteiger partial charge on any atom is -0.392 e. The van der Waals surface area contributed by atoms with E-state index in [1.165, 1.54) is 0 Å². The second-order valence-corrected chi connectivity index (χ2v) is 3.06. The quantitative estimate of drug-likeness (QED) is 0.562. The highest BCUT2D eigenvalue weighted by molar-refractivity contribution is 4.90. The standard InChI is InChI=1S/C9H15NO/c1-2-3-9(11)8-4-6-10-7-5-8/h1,8-11H,3-7H2. The van der Waals surface area contributed by atoms with Crippen LogP contribution in [0.4, 0.5) is 0 Å². The van der Waals surface area contributed by atoms with Crippen molar-refractivity contribution in [3.63, 3.8) is 0 Å². The Morgan fingerprint density at radius 2 is 2.18 bits per heavy atom. The third kappa shape index (κ3) is 2.53. The zero-order chi connectivity index (χ0) is 8.10. The van der Waals surface area contributed by atoms with Crippen molar-refractivity contribution in [2.24, 2.45) is 5.92 Å². The Hall–Kier alpha value is -0.520. The van der Waals surface area contributed by atoms with E-state index in [0.717, 1.165) is 25.9 Å². The fourth-order valence-corrected chi connectivity index (χ4v) is 1.52. The Labute approximate surface area is 68.0 Å². The molecule has 0 spiro atoms. The monoisotopic (exact) mass is 153 g/mol. The summed E-state index contributed by atoms with van der Waals surface area (Å²) in [5.74, 6) is 2.92. The van der Waals surface area contributed by atoms with E-state index < -0.39 is 0 Å². The number of hydrogen-bond acceptors (Lipinski definition) is 2. The van der Waals surface area contributed by atoms with Gasteiger partial charge in [0, 0.05) is 6.42 Å². The lowest BCUT2D eigenvalue weighted by Gasteiger charge is -2.25. The van der Waals surface area contributed by atoms with E-state index in [2.05, 4.69) is 11.2 Å². The minimum absolute atomic E-state index is 0.276. The lowest BCUT2D eigenvalue weighted by atomic mass is 9.91. The molecule has 2 heteroatoms. The summed E-state index contributed by atoms with van der Waals surface area (Å²) in [7, 11) is 0. The van der Waals surface area contributed by atoms with Crippen LogP contribution in [-0.2, 0) is 0 Å². The van der Waals surface area contributed by atoms with Crippen LogP contribution in [0.2, 0.25) is 0 Å². The number of rotatable bonds is 2. The van der Waals surface area contributed by atoms with Crippen molar-refractivity contribution >= 4 is 0 Å². The average molecular weight is 153 g/mol. The molecule has 0 radical (unpaired) electrons. The first kappa shape index (κ1) is 8.58. The van der Waals surface area contributed by atoms with E-state index in [0.29, 0.717) is 12.3 Å². The molecule has 0 aliphatic carbocycles. The van der Waals surface area contributed by atoms with Crippen molar-refractivity contribution in [3.05, 3.63) is 0 Å². The van der Waals surface area contributed by atoms with Gasteiger partial charge in [0.05, 0.1) is 6.10 Å². The van der Waals surface area contributed by atoms with Gasteiger partial charge in [-0.3, -0.25) is 0 Å². The van der Waals surface area contributed by atoms with Crippen molar-refractivity contribution in [2.45, 2.75) is 25.4 Å². The first-order valence-electron chi connectivity index (χ1n) is 4.17. The SMILES string of the molecule is C#CCC(O)C1CCNCC1. The lowest BCUT2D eigenvalue weighted by molar-refractivity contribution is 0.0933. The molecule has 0 aromatic carbocycles. The first-order chi connectivity index (χ1) is 5.34. The molecule has 0 bridgehead atoms. The second-order valence-electron chi connectivity index (χ2n) is 3.06. The normalized spacial score (nSPS) is 22.5. The maximum absolute atomic E-state index is 9.50. The molecule has 1 unspecified atom stereocenters. The summed E-state index contributed by atoms with van der Waals surface area (Å²) in [5, 5.41) is 12.8. The van der Waals surface area contributed by atoms with Gasteiger partial charge in [-0.2, -0.15) is 0 Å². The van der Waals surface area contributed by atoms with Gasteiger partial charge in [0.2, 0.25) is 0 Å².